The molecule has 0 amide bonds. The fourth-order valence-electron chi connectivity index (χ4n) is 2.69. The van der Waals surface area contributed by atoms with Crippen LogP contribution < -0.4 is 5.32 Å². The summed E-state index contributed by atoms with van der Waals surface area (Å²) < 4.78 is 5.45. The molecule has 1 aromatic rings. The summed E-state index contributed by atoms with van der Waals surface area (Å²) in [6.07, 6.45) is 3.64. The van der Waals surface area contributed by atoms with Crippen LogP contribution in [-0.4, -0.2) is 16.2 Å². The van der Waals surface area contributed by atoms with Crippen LogP contribution in [-0.2, 0) is 0 Å². The van der Waals surface area contributed by atoms with Gasteiger partial charge in [0.2, 0.25) is 5.89 Å². The Morgan fingerprint density at radius 2 is 1.88 bits per heavy atom. The van der Waals surface area contributed by atoms with E-state index < -0.39 is 0 Å². The van der Waals surface area contributed by atoms with Crippen molar-refractivity contribution in [3.8, 4) is 0 Å². The normalized spacial score (nSPS) is 31.2. The molecule has 1 saturated carbocycles. The molecule has 1 N–H and O–H groups in total. The summed E-state index contributed by atoms with van der Waals surface area (Å²) in [5, 5.41) is 11.0. The van der Waals surface area contributed by atoms with Gasteiger partial charge in [0, 0.05) is 6.04 Å². The third-order valence-corrected chi connectivity index (χ3v) is 3.47. The lowest BCUT2D eigenvalue weighted by atomic mass is 9.80. The zero-order chi connectivity index (χ0) is 12.4. The second kappa shape index (κ2) is 5.25. The Hall–Kier alpha value is -0.770. The van der Waals surface area contributed by atoms with Crippen molar-refractivity contribution in [3.63, 3.8) is 0 Å². The van der Waals surface area contributed by atoms with E-state index in [-0.39, 0.29) is 5.38 Å². The molecule has 3 unspecified atom stereocenters. The monoisotopic (exact) mass is 257 g/mol. The van der Waals surface area contributed by atoms with E-state index in [0.717, 1.165) is 11.8 Å². The van der Waals surface area contributed by atoms with Crippen molar-refractivity contribution in [1.29, 1.82) is 0 Å². The molecule has 0 aromatic carbocycles. The van der Waals surface area contributed by atoms with Gasteiger partial charge in [-0.15, -0.1) is 16.7 Å². The first-order valence-electron chi connectivity index (χ1n) is 6.28. The Labute approximate surface area is 107 Å². The molecule has 17 heavy (non-hydrogen) atoms. The summed E-state index contributed by atoms with van der Waals surface area (Å²) in [6, 6.07) is 0.937. The summed E-state index contributed by atoms with van der Waals surface area (Å²) in [5.41, 5.74) is 0. The highest BCUT2D eigenvalue weighted by Gasteiger charge is 2.25. The zero-order valence-electron chi connectivity index (χ0n) is 10.6. The van der Waals surface area contributed by atoms with Gasteiger partial charge in [-0.1, -0.05) is 18.9 Å². The van der Waals surface area contributed by atoms with Crippen LogP contribution in [0.2, 0.25) is 0 Å². The minimum atomic E-state index is -0.234. The summed E-state index contributed by atoms with van der Waals surface area (Å²) in [4.78, 5) is 0. The van der Waals surface area contributed by atoms with Gasteiger partial charge in [0.1, 0.15) is 5.38 Å². The number of halogens is 1. The first-order chi connectivity index (χ1) is 8.04. The Kier molecular flexibility index (Phi) is 3.92. The molecule has 0 bridgehead atoms. The lowest BCUT2D eigenvalue weighted by Gasteiger charge is -2.31. The van der Waals surface area contributed by atoms with Crippen molar-refractivity contribution in [2.24, 2.45) is 11.8 Å². The Morgan fingerprint density at radius 3 is 2.41 bits per heavy atom. The molecule has 1 heterocycles. The third kappa shape index (κ3) is 3.35. The maximum absolute atomic E-state index is 5.88. The van der Waals surface area contributed by atoms with E-state index in [4.69, 9.17) is 16.0 Å². The lowest BCUT2D eigenvalue weighted by Crippen LogP contribution is -2.30. The Morgan fingerprint density at radius 1 is 1.24 bits per heavy atom. The highest BCUT2D eigenvalue weighted by Crippen LogP contribution is 2.30. The second-order valence-corrected chi connectivity index (χ2v) is 5.97. The number of nitrogens with zero attached hydrogens (tertiary/aromatic N) is 2. The van der Waals surface area contributed by atoms with Gasteiger partial charge in [-0.25, -0.2) is 0 Å². The van der Waals surface area contributed by atoms with Crippen LogP contribution in [0.5, 0.6) is 0 Å². The fraction of sp³-hybridized carbons (Fsp3) is 0.833. The van der Waals surface area contributed by atoms with E-state index in [1.165, 1.54) is 19.3 Å². The van der Waals surface area contributed by atoms with E-state index in [1.54, 1.807) is 0 Å². The zero-order valence-corrected chi connectivity index (χ0v) is 11.4. The van der Waals surface area contributed by atoms with Crippen molar-refractivity contribution in [2.45, 2.75) is 51.5 Å². The van der Waals surface area contributed by atoms with E-state index in [2.05, 4.69) is 29.4 Å². The van der Waals surface area contributed by atoms with E-state index in [1.807, 2.05) is 6.92 Å². The summed E-state index contributed by atoms with van der Waals surface area (Å²) in [6.45, 7) is 6.42. The molecule has 0 spiro atoms. The first kappa shape index (κ1) is 12.7. The molecule has 1 aromatic heterocycles. The van der Waals surface area contributed by atoms with Gasteiger partial charge in [0.05, 0.1) is 0 Å². The number of alkyl halides is 1. The maximum Gasteiger partial charge on any atom is 0.315 e. The van der Waals surface area contributed by atoms with E-state index in [9.17, 15) is 0 Å². The van der Waals surface area contributed by atoms with Crippen LogP contribution in [0, 0.1) is 11.8 Å². The minimum absolute atomic E-state index is 0.234. The number of hydrogen-bond acceptors (Lipinski definition) is 4. The van der Waals surface area contributed by atoms with E-state index in [0.29, 0.717) is 17.9 Å². The van der Waals surface area contributed by atoms with Gasteiger partial charge in [0.25, 0.3) is 0 Å². The molecule has 0 aliphatic heterocycles. The Bertz CT molecular complexity index is 356. The number of hydrogen-bond donors (Lipinski definition) is 1. The lowest BCUT2D eigenvalue weighted by molar-refractivity contribution is 0.277. The van der Waals surface area contributed by atoms with Gasteiger partial charge in [-0.05, 0) is 38.0 Å². The molecule has 5 heteroatoms. The number of aromatic nitrogens is 2. The van der Waals surface area contributed by atoms with E-state index >= 15 is 0 Å². The number of nitrogens with one attached hydrogen (secondary N) is 1. The second-order valence-electron chi connectivity index (χ2n) is 5.32. The highest BCUT2D eigenvalue weighted by molar-refractivity contribution is 6.20. The van der Waals surface area contributed by atoms with Crippen molar-refractivity contribution in [1.82, 2.24) is 10.2 Å². The smallest absolute Gasteiger partial charge is 0.315 e. The van der Waals surface area contributed by atoms with Gasteiger partial charge in [0.15, 0.2) is 0 Å². The van der Waals surface area contributed by atoms with Crippen LogP contribution in [0.1, 0.15) is 51.3 Å². The van der Waals surface area contributed by atoms with Crippen LogP contribution in [0.4, 0.5) is 6.01 Å². The quantitative estimate of drug-likeness (QED) is 0.841. The van der Waals surface area contributed by atoms with Gasteiger partial charge < -0.3 is 9.73 Å². The highest BCUT2D eigenvalue weighted by atomic mass is 35.5. The Balaban J connectivity index is 1.95. The molecular weight excluding hydrogens is 238 g/mol. The predicted molar refractivity (Wildman–Crippen MR) is 68.2 cm³/mol. The molecule has 0 saturated heterocycles. The first-order valence-corrected chi connectivity index (χ1v) is 6.72. The average Bonchev–Trinajstić information content (AvgIpc) is 2.64. The molecule has 2 rings (SSSR count). The van der Waals surface area contributed by atoms with Crippen molar-refractivity contribution in [3.05, 3.63) is 5.89 Å². The molecule has 3 atom stereocenters. The largest absolute Gasteiger partial charge is 0.406 e. The molecular formula is C12H20ClN3O. The third-order valence-electron chi connectivity index (χ3n) is 3.29. The summed E-state index contributed by atoms with van der Waals surface area (Å²) >= 11 is 5.88. The van der Waals surface area contributed by atoms with Crippen molar-refractivity contribution < 1.29 is 4.42 Å². The summed E-state index contributed by atoms with van der Waals surface area (Å²) in [5.74, 6) is 1.99. The van der Waals surface area contributed by atoms with Crippen LogP contribution in [0.3, 0.4) is 0 Å². The van der Waals surface area contributed by atoms with Crippen LogP contribution in [0.15, 0.2) is 4.42 Å². The van der Waals surface area contributed by atoms with Crippen LogP contribution >= 0.6 is 11.6 Å². The minimum Gasteiger partial charge on any atom is -0.406 e. The topological polar surface area (TPSA) is 51.0 Å². The predicted octanol–water partition coefficient (Wildman–Crippen LogP) is 3.61. The fourth-order valence-corrected chi connectivity index (χ4v) is 2.78. The average molecular weight is 258 g/mol. The summed E-state index contributed by atoms with van der Waals surface area (Å²) in [7, 11) is 0. The molecule has 1 fully saturated rings. The van der Waals surface area contributed by atoms with Crippen molar-refractivity contribution in [2.75, 3.05) is 5.32 Å². The van der Waals surface area contributed by atoms with Crippen molar-refractivity contribution >= 4 is 17.6 Å². The van der Waals surface area contributed by atoms with Gasteiger partial charge in [-0.3, -0.25) is 0 Å². The van der Waals surface area contributed by atoms with Gasteiger partial charge >= 0.3 is 6.01 Å². The standard InChI is InChI=1S/C12H20ClN3O/c1-7-4-8(2)6-10(5-7)14-12-16-15-11(17-12)9(3)13/h7-10H,4-6H2,1-3H3,(H,14,16). The molecule has 0 radical (unpaired) electrons. The maximum atomic E-state index is 5.88. The molecule has 1 aliphatic rings. The number of anilines is 1. The van der Waals surface area contributed by atoms with Gasteiger partial charge in [-0.2, -0.15) is 0 Å². The molecule has 96 valence electrons. The SMILES string of the molecule is CC1CC(C)CC(Nc2nnc(C(C)Cl)o2)C1. The number of rotatable bonds is 3. The molecule has 4 nitrogen and oxygen atoms in total. The molecule has 1 aliphatic carbocycles. The van der Waals surface area contributed by atoms with Crippen LogP contribution in [0.25, 0.3) is 0 Å².